The third kappa shape index (κ3) is 9.14. The summed E-state index contributed by atoms with van der Waals surface area (Å²) in [5.41, 5.74) is 1.51. The fourth-order valence-corrected chi connectivity index (χ4v) is 2.04. The zero-order valence-corrected chi connectivity index (χ0v) is 14.3. The molecule has 0 aromatic rings. The predicted molar refractivity (Wildman–Crippen MR) is 84.6 cm³/mol. The molecule has 0 radical (unpaired) electrons. The summed E-state index contributed by atoms with van der Waals surface area (Å²) in [7, 11) is 1.26. The molecule has 0 saturated heterocycles. The number of carbonyl (C=O) groups excluding carboxylic acids is 3. The molecule has 4 N–H and O–H groups in total. The second kappa shape index (κ2) is 11.8. The van der Waals surface area contributed by atoms with Crippen LogP contribution in [-0.2, 0) is 19.1 Å². The van der Waals surface area contributed by atoms with E-state index in [4.69, 9.17) is 9.94 Å². The van der Waals surface area contributed by atoms with Gasteiger partial charge in [0.05, 0.1) is 19.6 Å². The minimum absolute atomic E-state index is 0.187. The van der Waals surface area contributed by atoms with Gasteiger partial charge in [-0.15, -0.1) is 0 Å². The number of hydroxylamine groups is 1. The number of hydrogen-bond acceptors (Lipinski definition) is 6. The maximum Gasteiger partial charge on any atom is 0.328 e. The van der Waals surface area contributed by atoms with Gasteiger partial charge in [0.15, 0.2) is 0 Å². The van der Waals surface area contributed by atoms with Gasteiger partial charge in [-0.05, 0) is 25.3 Å². The molecule has 0 spiro atoms. The molecule has 0 aromatic heterocycles. The van der Waals surface area contributed by atoms with E-state index >= 15 is 0 Å². The number of amides is 2. The molecule has 0 aliphatic heterocycles. The minimum atomic E-state index is -0.826. The standard InChI is InChI=1S/C15H29N3O5/c1-5-6-7-16-11(9-13(19)18-22)14(20)17-12(8-10(2)3)15(21)23-4/h10-12,16,22H,5-9H2,1-4H3,(H,17,20)(H,18,19)/t11-,12+/m1/s1. The van der Waals surface area contributed by atoms with Crippen LogP contribution in [0.1, 0.15) is 46.5 Å². The summed E-state index contributed by atoms with van der Waals surface area (Å²) in [6, 6.07) is -1.59. The van der Waals surface area contributed by atoms with Gasteiger partial charge in [0.1, 0.15) is 6.04 Å². The Morgan fingerprint density at radius 2 is 1.83 bits per heavy atom. The topological polar surface area (TPSA) is 117 Å². The summed E-state index contributed by atoms with van der Waals surface area (Å²) in [5, 5.41) is 14.2. The monoisotopic (exact) mass is 331 g/mol. The van der Waals surface area contributed by atoms with Crippen molar-refractivity contribution in [3.05, 3.63) is 0 Å². The molecule has 8 nitrogen and oxygen atoms in total. The van der Waals surface area contributed by atoms with Crippen molar-refractivity contribution in [2.75, 3.05) is 13.7 Å². The van der Waals surface area contributed by atoms with E-state index in [0.29, 0.717) is 13.0 Å². The van der Waals surface area contributed by atoms with Crippen molar-refractivity contribution in [3.8, 4) is 0 Å². The summed E-state index contributed by atoms with van der Waals surface area (Å²) in [6.07, 6.45) is 2.00. The van der Waals surface area contributed by atoms with Crippen molar-refractivity contribution in [3.63, 3.8) is 0 Å². The highest BCUT2D eigenvalue weighted by Gasteiger charge is 2.27. The summed E-state index contributed by atoms with van der Waals surface area (Å²) in [4.78, 5) is 35.5. The second-order valence-electron chi connectivity index (χ2n) is 5.81. The van der Waals surface area contributed by atoms with E-state index in [2.05, 4.69) is 10.6 Å². The first kappa shape index (κ1) is 21.3. The van der Waals surface area contributed by atoms with Gasteiger partial charge in [-0.1, -0.05) is 27.2 Å². The lowest BCUT2D eigenvalue weighted by molar-refractivity contribution is -0.146. The number of ether oxygens (including phenoxy) is 1. The third-order valence-corrected chi connectivity index (χ3v) is 3.26. The van der Waals surface area contributed by atoms with E-state index in [9.17, 15) is 14.4 Å². The number of esters is 1. The molecule has 0 aliphatic rings. The number of hydrogen-bond donors (Lipinski definition) is 4. The number of nitrogens with one attached hydrogen (secondary N) is 3. The molecule has 2 atom stereocenters. The Balaban J connectivity index is 4.86. The van der Waals surface area contributed by atoms with Gasteiger partial charge in [0, 0.05) is 0 Å². The van der Waals surface area contributed by atoms with Crippen LogP contribution in [0.4, 0.5) is 0 Å². The number of carbonyl (C=O) groups is 3. The first-order valence-electron chi connectivity index (χ1n) is 7.90. The third-order valence-electron chi connectivity index (χ3n) is 3.26. The zero-order valence-electron chi connectivity index (χ0n) is 14.3. The zero-order chi connectivity index (χ0) is 17.8. The average molecular weight is 331 g/mol. The lowest BCUT2D eigenvalue weighted by atomic mass is 10.0. The van der Waals surface area contributed by atoms with Gasteiger partial charge in [-0.2, -0.15) is 0 Å². The van der Waals surface area contributed by atoms with Crippen LogP contribution in [-0.4, -0.2) is 48.7 Å². The SMILES string of the molecule is CCCCN[C@H](CC(=O)NO)C(=O)N[C@@H](CC(C)C)C(=O)OC. The molecule has 134 valence electrons. The molecule has 8 heteroatoms. The van der Waals surface area contributed by atoms with Gasteiger partial charge in [-0.25, -0.2) is 10.3 Å². The summed E-state index contributed by atoms with van der Waals surface area (Å²) >= 11 is 0. The van der Waals surface area contributed by atoms with E-state index in [0.717, 1.165) is 12.8 Å². The van der Waals surface area contributed by atoms with Gasteiger partial charge >= 0.3 is 5.97 Å². The average Bonchev–Trinajstić information content (AvgIpc) is 2.51. The molecule has 0 saturated carbocycles. The molecule has 23 heavy (non-hydrogen) atoms. The Labute approximate surface area is 137 Å². The second-order valence-corrected chi connectivity index (χ2v) is 5.81. The van der Waals surface area contributed by atoms with Crippen LogP contribution in [0.5, 0.6) is 0 Å². The molecule has 0 aliphatic carbocycles. The van der Waals surface area contributed by atoms with Crippen LogP contribution < -0.4 is 16.1 Å². The predicted octanol–water partition coefficient (Wildman–Crippen LogP) is 0.344. The van der Waals surface area contributed by atoms with Crippen molar-refractivity contribution in [2.24, 2.45) is 5.92 Å². The molecule has 2 amide bonds. The van der Waals surface area contributed by atoms with Crippen LogP contribution in [0.3, 0.4) is 0 Å². The van der Waals surface area contributed by atoms with Crippen molar-refractivity contribution in [1.29, 1.82) is 0 Å². The van der Waals surface area contributed by atoms with Crippen LogP contribution in [0, 0.1) is 5.92 Å². The van der Waals surface area contributed by atoms with Crippen molar-refractivity contribution >= 4 is 17.8 Å². The molecule has 0 bridgehead atoms. The lowest BCUT2D eigenvalue weighted by Crippen LogP contribution is -2.52. The maximum absolute atomic E-state index is 12.4. The molecule has 0 rings (SSSR count). The van der Waals surface area contributed by atoms with E-state index in [1.807, 2.05) is 20.8 Å². The van der Waals surface area contributed by atoms with E-state index in [1.165, 1.54) is 12.6 Å². The fraction of sp³-hybridized carbons (Fsp3) is 0.800. The van der Waals surface area contributed by atoms with Gasteiger partial charge in [0.25, 0.3) is 0 Å². The van der Waals surface area contributed by atoms with Crippen molar-refractivity contribution in [2.45, 2.75) is 58.5 Å². The van der Waals surface area contributed by atoms with Crippen molar-refractivity contribution in [1.82, 2.24) is 16.1 Å². The number of unbranched alkanes of at least 4 members (excludes halogenated alkanes) is 1. The number of methoxy groups -OCH3 is 1. The van der Waals surface area contributed by atoms with Crippen LogP contribution in [0.25, 0.3) is 0 Å². The molecular formula is C15H29N3O5. The quantitative estimate of drug-likeness (QED) is 0.188. The largest absolute Gasteiger partial charge is 0.467 e. The van der Waals surface area contributed by atoms with E-state index < -0.39 is 29.9 Å². The van der Waals surface area contributed by atoms with Crippen molar-refractivity contribution < 1.29 is 24.3 Å². The molecule has 0 fully saturated rings. The maximum atomic E-state index is 12.4. The Bertz CT molecular complexity index is 387. The Hall–Kier alpha value is -1.67. The molecule has 0 unspecified atom stereocenters. The van der Waals surface area contributed by atoms with Crippen LogP contribution >= 0.6 is 0 Å². The molecule has 0 aromatic carbocycles. The lowest BCUT2D eigenvalue weighted by Gasteiger charge is -2.22. The van der Waals surface area contributed by atoms with Gasteiger partial charge in [0.2, 0.25) is 11.8 Å². The minimum Gasteiger partial charge on any atom is -0.467 e. The van der Waals surface area contributed by atoms with Crippen LogP contribution in [0.15, 0.2) is 0 Å². The Morgan fingerprint density at radius 1 is 1.17 bits per heavy atom. The highest BCUT2D eigenvalue weighted by atomic mass is 16.5. The first-order valence-corrected chi connectivity index (χ1v) is 7.90. The van der Waals surface area contributed by atoms with Gasteiger partial charge < -0.3 is 15.4 Å². The summed E-state index contributed by atoms with van der Waals surface area (Å²) in [5.74, 6) is -1.48. The van der Waals surface area contributed by atoms with E-state index in [-0.39, 0.29) is 12.3 Å². The summed E-state index contributed by atoms with van der Waals surface area (Å²) in [6.45, 7) is 6.42. The van der Waals surface area contributed by atoms with Gasteiger partial charge in [-0.3, -0.25) is 14.8 Å². The fourth-order valence-electron chi connectivity index (χ4n) is 2.04. The highest BCUT2D eigenvalue weighted by Crippen LogP contribution is 2.07. The smallest absolute Gasteiger partial charge is 0.328 e. The van der Waals surface area contributed by atoms with E-state index in [1.54, 1.807) is 0 Å². The first-order chi connectivity index (χ1) is 10.8. The normalized spacial score (nSPS) is 13.3. The molecule has 0 heterocycles. The number of rotatable bonds is 11. The Kier molecular flexibility index (Phi) is 11.0. The highest BCUT2D eigenvalue weighted by molar-refractivity contribution is 5.91. The molecular weight excluding hydrogens is 302 g/mol. The van der Waals surface area contributed by atoms with Crippen LogP contribution in [0.2, 0.25) is 0 Å². The Morgan fingerprint density at radius 3 is 2.30 bits per heavy atom. The summed E-state index contributed by atoms with van der Waals surface area (Å²) < 4.78 is 4.70.